The molecule has 0 fully saturated rings. The van der Waals surface area contributed by atoms with E-state index in [0.29, 0.717) is 11.5 Å². The number of hydrogen-bond acceptors (Lipinski definition) is 3. The molecule has 0 aliphatic carbocycles. The summed E-state index contributed by atoms with van der Waals surface area (Å²) in [6, 6.07) is 8.74. The predicted octanol–water partition coefficient (Wildman–Crippen LogP) is 4.32. The molecule has 1 aliphatic heterocycles. The van der Waals surface area contributed by atoms with Crippen LogP contribution in [0.3, 0.4) is 0 Å². The minimum Gasteiger partial charge on any atom is -0.493 e. The molecule has 25 heavy (non-hydrogen) atoms. The van der Waals surface area contributed by atoms with Crippen LogP contribution in [0.2, 0.25) is 0 Å². The highest BCUT2D eigenvalue weighted by molar-refractivity contribution is 9.10. The maximum Gasteiger partial charge on any atom is 0.161 e. The van der Waals surface area contributed by atoms with Crippen LogP contribution in [0.25, 0.3) is 10.9 Å². The zero-order valence-corrected chi connectivity index (χ0v) is 15.5. The smallest absolute Gasteiger partial charge is 0.161 e. The van der Waals surface area contributed by atoms with Crippen LogP contribution < -0.4 is 14.8 Å². The van der Waals surface area contributed by atoms with Gasteiger partial charge in [0.15, 0.2) is 11.5 Å². The zero-order valence-electron chi connectivity index (χ0n) is 14.0. The average molecular weight is 405 g/mol. The van der Waals surface area contributed by atoms with Gasteiger partial charge in [-0.25, -0.2) is 4.39 Å². The molecule has 130 valence electrons. The van der Waals surface area contributed by atoms with Crippen molar-refractivity contribution in [3.63, 3.8) is 0 Å². The highest BCUT2D eigenvalue weighted by Crippen LogP contribution is 2.40. The van der Waals surface area contributed by atoms with E-state index in [1.165, 1.54) is 11.6 Å². The summed E-state index contributed by atoms with van der Waals surface area (Å²) in [4.78, 5) is 3.46. The van der Waals surface area contributed by atoms with Crippen LogP contribution in [0.4, 0.5) is 4.39 Å². The Morgan fingerprint density at radius 3 is 2.64 bits per heavy atom. The second-order valence-corrected chi connectivity index (χ2v) is 6.93. The molecule has 3 aromatic rings. The molecule has 1 atom stereocenters. The molecule has 2 N–H and O–H groups in total. The lowest BCUT2D eigenvalue weighted by Crippen LogP contribution is -2.30. The van der Waals surface area contributed by atoms with E-state index >= 15 is 0 Å². The molecular formula is C19H18BrFN2O2. The first-order valence-electron chi connectivity index (χ1n) is 8.07. The standard InChI is InChI=1S/C19H18BrFN2O2/c1-24-16-8-13(14(20)9-17(16)25-2)18-19-11(5-6-22-18)12-7-10(21)3-4-15(12)23-19/h3-4,7-9,18,22-23H,5-6H2,1-2H3. The molecule has 4 rings (SSSR count). The lowest BCUT2D eigenvalue weighted by atomic mass is 9.94. The van der Waals surface area contributed by atoms with E-state index in [-0.39, 0.29) is 11.9 Å². The second kappa shape index (κ2) is 6.35. The number of ether oxygens (including phenoxy) is 2. The normalized spacial score (nSPS) is 16.7. The number of H-pyrrole nitrogens is 1. The lowest BCUT2D eigenvalue weighted by Gasteiger charge is -2.26. The van der Waals surface area contributed by atoms with Crippen LogP contribution in [0.15, 0.2) is 34.8 Å². The number of rotatable bonds is 3. The van der Waals surface area contributed by atoms with Gasteiger partial charge in [0, 0.05) is 27.6 Å². The minimum atomic E-state index is -0.211. The monoisotopic (exact) mass is 404 g/mol. The summed E-state index contributed by atoms with van der Waals surface area (Å²) in [5.74, 6) is 1.14. The Morgan fingerprint density at radius 2 is 1.88 bits per heavy atom. The molecule has 1 aromatic heterocycles. The topological polar surface area (TPSA) is 46.3 Å². The van der Waals surface area contributed by atoms with Crippen molar-refractivity contribution in [3.8, 4) is 11.5 Å². The molecule has 0 amide bonds. The van der Waals surface area contributed by atoms with E-state index in [1.807, 2.05) is 12.1 Å². The Bertz CT molecular complexity index is 954. The molecule has 1 aliphatic rings. The van der Waals surface area contributed by atoms with Crippen molar-refractivity contribution in [1.82, 2.24) is 10.3 Å². The van der Waals surface area contributed by atoms with Gasteiger partial charge in [-0.3, -0.25) is 0 Å². The van der Waals surface area contributed by atoms with Crippen molar-refractivity contribution < 1.29 is 13.9 Å². The van der Waals surface area contributed by atoms with Crippen molar-refractivity contribution in [2.75, 3.05) is 20.8 Å². The van der Waals surface area contributed by atoms with Gasteiger partial charge in [0.25, 0.3) is 0 Å². The highest BCUT2D eigenvalue weighted by atomic mass is 79.9. The van der Waals surface area contributed by atoms with E-state index in [1.54, 1.807) is 26.4 Å². The summed E-state index contributed by atoms with van der Waals surface area (Å²) in [6.07, 6.45) is 0.861. The summed E-state index contributed by atoms with van der Waals surface area (Å²) in [5, 5.41) is 4.50. The first-order chi connectivity index (χ1) is 12.1. The fourth-order valence-electron chi connectivity index (χ4n) is 3.56. The van der Waals surface area contributed by atoms with E-state index in [0.717, 1.165) is 39.6 Å². The molecule has 0 bridgehead atoms. The van der Waals surface area contributed by atoms with Gasteiger partial charge in [0.2, 0.25) is 0 Å². The molecule has 4 nitrogen and oxygen atoms in total. The van der Waals surface area contributed by atoms with Gasteiger partial charge in [-0.15, -0.1) is 0 Å². The van der Waals surface area contributed by atoms with Crippen molar-refractivity contribution in [2.24, 2.45) is 0 Å². The molecule has 2 heterocycles. The predicted molar refractivity (Wildman–Crippen MR) is 99.1 cm³/mol. The molecule has 6 heteroatoms. The van der Waals surface area contributed by atoms with Crippen LogP contribution in [-0.4, -0.2) is 25.7 Å². The van der Waals surface area contributed by atoms with Crippen LogP contribution in [0.1, 0.15) is 22.9 Å². The summed E-state index contributed by atoms with van der Waals surface area (Å²) in [6.45, 7) is 0.821. The SMILES string of the molecule is COc1cc(Br)c(C2NCCc3c2[nH]c2ccc(F)cc32)cc1OC. The third-order valence-corrected chi connectivity index (χ3v) is 5.41. The summed E-state index contributed by atoms with van der Waals surface area (Å²) in [7, 11) is 3.24. The Kier molecular flexibility index (Phi) is 4.17. The number of fused-ring (bicyclic) bond motifs is 3. The van der Waals surface area contributed by atoms with Gasteiger partial charge < -0.3 is 19.8 Å². The molecule has 0 saturated carbocycles. The second-order valence-electron chi connectivity index (χ2n) is 6.07. The number of benzene rings is 2. The first-order valence-corrected chi connectivity index (χ1v) is 8.86. The van der Waals surface area contributed by atoms with E-state index in [2.05, 4.69) is 26.2 Å². The number of halogens is 2. The maximum absolute atomic E-state index is 13.7. The molecule has 2 aromatic carbocycles. The highest BCUT2D eigenvalue weighted by Gasteiger charge is 2.27. The molecule has 1 unspecified atom stereocenters. The van der Waals surface area contributed by atoms with Crippen LogP contribution in [0.5, 0.6) is 11.5 Å². The van der Waals surface area contributed by atoms with E-state index in [9.17, 15) is 4.39 Å². The van der Waals surface area contributed by atoms with Gasteiger partial charge in [-0.1, -0.05) is 15.9 Å². The average Bonchev–Trinajstić information content (AvgIpc) is 2.99. The van der Waals surface area contributed by atoms with Gasteiger partial charge in [-0.2, -0.15) is 0 Å². The first kappa shape index (κ1) is 16.4. The number of aromatic amines is 1. The lowest BCUT2D eigenvalue weighted by molar-refractivity contribution is 0.353. The third kappa shape index (κ3) is 2.69. The van der Waals surface area contributed by atoms with E-state index in [4.69, 9.17) is 9.47 Å². The maximum atomic E-state index is 13.7. The molecule has 0 spiro atoms. The quantitative estimate of drug-likeness (QED) is 0.682. The number of nitrogens with one attached hydrogen (secondary N) is 2. The molecule has 0 radical (unpaired) electrons. The van der Waals surface area contributed by atoms with Crippen molar-refractivity contribution in [2.45, 2.75) is 12.5 Å². The van der Waals surface area contributed by atoms with Gasteiger partial charge in [0.05, 0.1) is 20.3 Å². The Morgan fingerprint density at radius 1 is 1.12 bits per heavy atom. The molecule has 0 saturated heterocycles. The Balaban J connectivity index is 1.88. The van der Waals surface area contributed by atoms with Gasteiger partial charge in [0.1, 0.15) is 5.82 Å². The third-order valence-electron chi connectivity index (χ3n) is 4.73. The zero-order chi connectivity index (χ0) is 17.6. The van der Waals surface area contributed by atoms with Crippen LogP contribution >= 0.6 is 15.9 Å². The summed E-state index contributed by atoms with van der Waals surface area (Å²) < 4.78 is 25.4. The minimum absolute atomic E-state index is 0.0339. The van der Waals surface area contributed by atoms with Crippen molar-refractivity contribution in [3.05, 3.63) is 57.4 Å². The van der Waals surface area contributed by atoms with Gasteiger partial charge >= 0.3 is 0 Å². The van der Waals surface area contributed by atoms with Crippen molar-refractivity contribution in [1.29, 1.82) is 0 Å². The van der Waals surface area contributed by atoms with Gasteiger partial charge in [-0.05, 0) is 47.9 Å². The summed E-state index contributed by atoms with van der Waals surface area (Å²) in [5.41, 5.74) is 4.24. The van der Waals surface area contributed by atoms with E-state index < -0.39 is 0 Å². The van der Waals surface area contributed by atoms with Crippen LogP contribution in [0, 0.1) is 5.82 Å². The number of aromatic nitrogens is 1. The fourth-order valence-corrected chi connectivity index (χ4v) is 4.11. The van der Waals surface area contributed by atoms with Crippen LogP contribution in [-0.2, 0) is 6.42 Å². The molecular weight excluding hydrogens is 387 g/mol. The fraction of sp³-hybridized carbons (Fsp3) is 0.263. The summed E-state index contributed by atoms with van der Waals surface area (Å²) >= 11 is 3.64. The Labute approximate surface area is 153 Å². The Hall–Kier alpha value is -2.05. The number of methoxy groups -OCH3 is 2. The largest absolute Gasteiger partial charge is 0.493 e. The number of hydrogen-bond donors (Lipinski definition) is 2. The van der Waals surface area contributed by atoms with Crippen molar-refractivity contribution >= 4 is 26.8 Å².